The second-order valence-corrected chi connectivity index (χ2v) is 0. The van der Waals surface area contributed by atoms with Crippen molar-refractivity contribution in [2.75, 3.05) is 0 Å². The van der Waals surface area contributed by atoms with Crippen molar-refractivity contribution in [3.63, 3.8) is 0 Å². The van der Waals surface area contributed by atoms with Gasteiger partial charge in [-0.3, -0.25) is 0 Å². The number of hydrogen-bond acceptors (Lipinski definition) is 0. The third-order valence-corrected chi connectivity index (χ3v) is 0. The van der Waals surface area contributed by atoms with Crippen LogP contribution in [-0.4, -0.2) is 55.9 Å². The summed E-state index contributed by atoms with van der Waals surface area (Å²) in [5, 5.41) is 0. The van der Waals surface area contributed by atoms with E-state index >= 15 is 0 Å². The van der Waals surface area contributed by atoms with Crippen molar-refractivity contribution >= 4 is 23.1 Å². The topological polar surface area (TPSA) is 189 Å². The average molecular weight is 134 g/mol. The minimum Gasteiger partial charge on any atom is -1.00 e. The molecule has 0 fully saturated rings. The van der Waals surface area contributed by atoms with Crippen LogP contribution in [0.3, 0.4) is 0 Å². The first-order valence-corrected chi connectivity index (χ1v) is 0. The Morgan fingerprint density at radius 2 is 0.429 bits per heavy atom. The predicted molar refractivity (Wildman–Crippen MR) is 29.7 cm³/mol. The molecule has 0 aliphatic rings. The fourth-order valence-corrected chi connectivity index (χ4v) is 0. The molecule has 0 amide bonds. The molecule has 0 atom stereocenters. The van der Waals surface area contributed by atoms with Gasteiger partial charge in [0.1, 0.15) is 0 Å². The van der Waals surface area contributed by atoms with Crippen LogP contribution in [0.15, 0.2) is 0 Å². The molecule has 0 rings (SSSR count). The van der Waals surface area contributed by atoms with Gasteiger partial charge in [0.15, 0.2) is 0 Å². The second kappa shape index (κ2) is 720. The molecule has 0 aromatic carbocycles. The molecule has 52 valence electrons. The summed E-state index contributed by atoms with van der Waals surface area (Å²) in [4.78, 5) is 0. The maximum Gasteiger partial charge on any atom is 2.00 e. The van der Waals surface area contributed by atoms with Gasteiger partial charge in [0, 0.05) is 0 Å². The van der Waals surface area contributed by atoms with Crippen molar-refractivity contribution in [1.82, 2.24) is 0 Å². The van der Waals surface area contributed by atoms with Crippen molar-refractivity contribution in [2.24, 2.45) is 0 Å². The summed E-state index contributed by atoms with van der Waals surface area (Å²) < 4.78 is 0. The van der Waals surface area contributed by atoms with Gasteiger partial charge in [0.05, 0.1) is 0 Å². The minimum atomic E-state index is 0. The van der Waals surface area contributed by atoms with Crippen LogP contribution in [0.4, 0.5) is 0 Å². The van der Waals surface area contributed by atoms with Crippen LogP contribution < -0.4 is 0 Å². The molecule has 0 bridgehead atoms. The van der Waals surface area contributed by atoms with Gasteiger partial charge in [0.2, 0.25) is 0 Å². The monoisotopic (exact) mass is 134 g/mol. The molecule has 0 aliphatic carbocycles. The van der Waals surface area contributed by atoms with E-state index in [0.29, 0.717) is 0 Å². The van der Waals surface area contributed by atoms with Crippen molar-refractivity contribution in [1.29, 1.82) is 0 Å². The molecule has 7 heavy (non-hydrogen) atoms. The van der Waals surface area contributed by atoms with Crippen LogP contribution in [0.25, 0.3) is 0 Å². The molecule has 0 saturated carbocycles. The van der Waals surface area contributed by atoms with Crippen molar-refractivity contribution < 1.29 is 35.7 Å². The maximum absolute atomic E-state index is 0. The smallest absolute Gasteiger partial charge is 1.00 e. The van der Waals surface area contributed by atoms with Crippen LogP contribution >= 0.6 is 0 Å². The second-order valence-electron chi connectivity index (χ2n) is 0. The average Bonchev–Trinajstić information content (AvgIpc) is 0. The van der Waals surface area contributed by atoms with Gasteiger partial charge in [-0.15, -0.1) is 0 Å². The van der Waals surface area contributed by atoms with Gasteiger partial charge in [-0.2, -0.15) is 0 Å². The minimum absolute atomic E-state index is 0. The van der Waals surface area contributed by atoms with E-state index in [1.165, 1.54) is 0 Å². The Hall–Kier alpha value is 0.526. The standard InChI is InChI=1S/Mg.6H2O.2H/h;6*1H2;;/q+2;;;;;;;2*-1. The first kappa shape index (κ1) is 1160. The summed E-state index contributed by atoms with van der Waals surface area (Å²) in [6.45, 7) is 0. The van der Waals surface area contributed by atoms with Gasteiger partial charge in [0.25, 0.3) is 0 Å². The van der Waals surface area contributed by atoms with Crippen molar-refractivity contribution in [3.05, 3.63) is 0 Å². The Kier molecular flexibility index (Phi) is 119000. The maximum atomic E-state index is 0. The summed E-state index contributed by atoms with van der Waals surface area (Å²) in [6.07, 6.45) is 0. The van der Waals surface area contributed by atoms with Gasteiger partial charge in [-0.05, 0) is 0 Å². The van der Waals surface area contributed by atoms with E-state index < -0.39 is 0 Å². The van der Waals surface area contributed by atoms with Crippen LogP contribution in [-0.2, 0) is 0 Å². The largest absolute Gasteiger partial charge is 2.00 e. The van der Waals surface area contributed by atoms with E-state index in [9.17, 15) is 0 Å². The Labute approximate surface area is 59.5 Å². The summed E-state index contributed by atoms with van der Waals surface area (Å²) in [5.74, 6) is 0. The van der Waals surface area contributed by atoms with Gasteiger partial charge < -0.3 is 35.7 Å². The van der Waals surface area contributed by atoms with Crippen LogP contribution in [0.1, 0.15) is 2.85 Å². The van der Waals surface area contributed by atoms with Crippen molar-refractivity contribution in [3.8, 4) is 0 Å². The molecule has 0 aromatic rings. The molecular weight excluding hydrogens is 120 g/mol. The van der Waals surface area contributed by atoms with E-state index in [-0.39, 0.29) is 58.8 Å². The van der Waals surface area contributed by atoms with Gasteiger partial charge >= 0.3 is 23.1 Å². The quantitative estimate of drug-likeness (QED) is 0.287. The first-order valence-electron chi connectivity index (χ1n) is 0. The number of rotatable bonds is 0. The molecular formula is H14MgO6. The van der Waals surface area contributed by atoms with Crippen LogP contribution in [0.2, 0.25) is 0 Å². The van der Waals surface area contributed by atoms with E-state index in [1.807, 2.05) is 0 Å². The molecule has 0 radical (unpaired) electrons. The SMILES string of the molecule is O.O.O.O.O.O.[H-].[H-].[Mg+2]. The Morgan fingerprint density at radius 3 is 0.429 bits per heavy atom. The Balaban J connectivity index is 0. The summed E-state index contributed by atoms with van der Waals surface area (Å²) >= 11 is 0. The van der Waals surface area contributed by atoms with Crippen molar-refractivity contribution in [2.45, 2.75) is 0 Å². The molecule has 0 saturated heterocycles. The molecule has 7 heteroatoms. The van der Waals surface area contributed by atoms with Gasteiger partial charge in [-0.25, -0.2) is 0 Å². The zero-order chi connectivity index (χ0) is 0. The zero-order valence-corrected chi connectivity index (χ0v) is 5.12. The van der Waals surface area contributed by atoms with Gasteiger partial charge in [-0.1, -0.05) is 0 Å². The normalized spacial score (nSPS) is 0. The fraction of sp³-hybridized carbons (Fsp3) is 0. The summed E-state index contributed by atoms with van der Waals surface area (Å²) in [5.41, 5.74) is 0. The molecule has 0 aliphatic heterocycles. The molecule has 0 aromatic heterocycles. The fourth-order valence-electron chi connectivity index (χ4n) is 0. The molecule has 6 nitrogen and oxygen atoms in total. The molecule has 0 heterocycles. The molecule has 12 N–H and O–H groups in total. The van der Waals surface area contributed by atoms with Crippen LogP contribution in [0.5, 0.6) is 0 Å². The van der Waals surface area contributed by atoms with E-state index in [1.54, 1.807) is 0 Å². The molecule has 0 unspecified atom stereocenters. The van der Waals surface area contributed by atoms with E-state index in [4.69, 9.17) is 0 Å². The third-order valence-electron chi connectivity index (χ3n) is 0. The predicted octanol–water partition coefficient (Wildman–Crippen LogP) is -5.10. The Morgan fingerprint density at radius 1 is 0.429 bits per heavy atom. The zero-order valence-electron chi connectivity index (χ0n) is 5.71. The summed E-state index contributed by atoms with van der Waals surface area (Å²) in [7, 11) is 0. The Bertz CT molecular complexity index is 11.0. The third kappa shape index (κ3) is 483. The number of hydrogen-bond donors (Lipinski definition) is 0. The van der Waals surface area contributed by atoms with E-state index in [2.05, 4.69) is 0 Å². The van der Waals surface area contributed by atoms with E-state index in [0.717, 1.165) is 0 Å². The summed E-state index contributed by atoms with van der Waals surface area (Å²) in [6, 6.07) is 0. The first-order chi connectivity index (χ1) is 0. The molecule has 0 spiro atoms. The van der Waals surface area contributed by atoms with Crippen LogP contribution in [0, 0.1) is 0 Å².